The Morgan fingerprint density at radius 1 is 1.32 bits per heavy atom. The molecule has 1 aromatic rings. The zero-order chi connectivity index (χ0) is 16.4. The van der Waals surface area contributed by atoms with E-state index in [2.05, 4.69) is 4.74 Å². The Morgan fingerprint density at radius 3 is 2.59 bits per heavy atom. The van der Waals surface area contributed by atoms with Crippen LogP contribution in [0.2, 0.25) is 5.02 Å². The molecule has 1 heterocycles. The molecule has 1 amide bonds. The van der Waals surface area contributed by atoms with E-state index in [4.69, 9.17) is 11.6 Å². The van der Waals surface area contributed by atoms with Crippen LogP contribution >= 0.6 is 11.6 Å². The van der Waals surface area contributed by atoms with Gasteiger partial charge in [0.2, 0.25) is 0 Å². The minimum Gasteiger partial charge on any atom is -0.465 e. The van der Waals surface area contributed by atoms with Crippen molar-refractivity contribution >= 4 is 34.9 Å². The lowest BCUT2D eigenvalue weighted by Crippen LogP contribution is -2.32. The molecule has 0 unspecified atom stereocenters. The topological polar surface area (TPSA) is 66.9 Å². The number of carbonyl (C=O) groups excluding carboxylic acids is 3. The molecule has 118 valence electrons. The zero-order valence-electron chi connectivity index (χ0n) is 12.7. The Hall–Kier alpha value is -1.92. The molecule has 1 aromatic carbocycles. The van der Waals surface area contributed by atoms with Gasteiger partial charge in [0.05, 0.1) is 28.9 Å². The Labute approximate surface area is 133 Å². The highest BCUT2D eigenvalue weighted by Gasteiger charge is 2.38. The second-order valence-electron chi connectivity index (χ2n) is 5.29. The number of ether oxygens (including phenoxy) is 1. The summed E-state index contributed by atoms with van der Waals surface area (Å²) in [6.07, 6.45) is 0.700. The molecule has 2 rings (SSSR count). The third-order valence-corrected chi connectivity index (χ3v) is 3.73. The summed E-state index contributed by atoms with van der Waals surface area (Å²) >= 11 is 6.07. The molecular formula is C15H17ClN2O4. The van der Waals surface area contributed by atoms with Crippen molar-refractivity contribution in [1.82, 2.24) is 4.90 Å². The Kier molecular flexibility index (Phi) is 4.83. The Bertz CT molecular complexity index is 643. The Balaban J connectivity index is 2.37. The predicted molar refractivity (Wildman–Crippen MR) is 82.6 cm³/mol. The predicted octanol–water partition coefficient (Wildman–Crippen LogP) is 1.61. The highest BCUT2D eigenvalue weighted by Crippen LogP contribution is 2.35. The van der Waals surface area contributed by atoms with Gasteiger partial charge in [-0.3, -0.25) is 9.59 Å². The van der Waals surface area contributed by atoms with E-state index in [0.29, 0.717) is 18.7 Å². The number of carbonyl (C=O) groups is 3. The van der Waals surface area contributed by atoms with Crippen molar-refractivity contribution in [3.8, 4) is 0 Å². The molecule has 0 saturated carbocycles. The zero-order valence-corrected chi connectivity index (χ0v) is 13.4. The molecule has 7 heteroatoms. The molecule has 22 heavy (non-hydrogen) atoms. The number of anilines is 1. The van der Waals surface area contributed by atoms with Crippen molar-refractivity contribution in [2.75, 3.05) is 39.2 Å². The summed E-state index contributed by atoms with van der Waals surface area (Å²) in [6.45, 7) is 1.16. The number of benzene rings is 1. The monoisotopic (exact) mass is 324 g/mol. The van der Waals surface area contributed by atoms with Crippen LogP contribution in [0.3, 0.4) is 0 Å². The van der Waals surface area contributed by atoms with Gasteiger partial charge in [-0.2, -0.15) is 0 Å². The molecule has 1 aliphatic heterocycles. The van der Waals surface area contributed by atoms with Gasteiger partial charge in [-0.1, -0.05) is 11.6 Å². The van der Waals surface area contributed by atoms with E-state index in [1.54, 1.807) is 0 Å². The standard InChI is InChI=1S/C15H17ClN2O4/c1-17(2)5-4-6-18-11-8-9(15(21)22-3)7-10(16)12(11)13(19)14(18)20/h7-8H,4-6H2,1-3H3. The maximum Gasteiger partial charge on any atom is 0.337 e. The molecule has 0 atom stereocenters. The second kappa shape index (κ2) is 6.46. The quantitative estimate of drug-likeness (QED) is 0.608. The van der Waals surface area contributed by atoms with Crippen LogP contribution in [0, 0.1) is 0 Å². The van der Waals surface area contributed by atoms with Gasteiger partial charge in [-0.25, -0.2) is 4.79 Å². The summed E-state index contributed by atoms with van der Waals surface area (Å²) in [5, 5.41) is 0.0892. The van der Waals surface area contributed by atoms with Crippen LogP contribution in [-0.4, -0.2) is 56.9 Å². The number of rotatable bonds is 5. The van der Waals surface area contributed by atoms with Crippen molar-refractivity contribution in [3.05, 3.63) is 28.3 Å². The molecule has 0 aromatic heterocycles. The van der Waals surface area contributed by atoms with Crippen LogP contribution in [0.25, 0.3) is 0 Å². The van der Waals surface area contributed by atoms with Gasteiger partial charge in [-0.05, 0) is 39.2 Å². The van der Waals surface area contributed by atoms with E-state index in [-0.39, 0.29) is 16.1 Å². The number of hydrogen-bond acceptors (Lipinski definition) is 5. The highest BCUT2D eigenvalue weighted by molar-refractivity contribution is 6.55. The van der Waals surface area contributed by atoms with Gasteiger partial charge in [-0.15, -0.1) is 0 Å². The van der Waals surface area contributed by atoms with E-state index in [9.17, 15) is 14.4 Å². The number of esters is 1. The first-order chi connectivity index (χ1) is 10.4. The van der Waals surface area contributed by atoms with Crippen LogP contribution in [0.15, 0.2) is 12.1 Å². The molecule has 0 radical (unpaired) electrons. The largest absolute Gasteiger partial charge is 0.465 e. The number of nitrogens with zero attached hydrogens (tertiary/aromatic N) is 2. The Morgan fingerprint density at radius 2 is 2.00 bits per heavy atom. The highest BCUT2D eigenvalue weighted by atomic mass is 35.5. The van der Waals surface area contributed by atoms with Crippen molar-refractivity contribution in [2.45, 2.75) is 6.42 Å². The molecule has 1 aliphatic rings. The number of Topliss-reactive ketones (excluding diaryl/α,β-unsaturated/α-hetero) is 1. The lowest BCUT2D eigenvalue weighted by Gasteiger charge is -2.18. The van der Waals surface area contributed by atoms with E-state index in [0.717, 1.165) is 6.54 Å². The molecular weight excluding hydrogens is 308 g/mol. The number of fused-ring (bicyclic) bond motifs is 1. The number of ketones is 1. The fourth-order valence-corrected chi connectivity index (χ4v) is 2.67. The number of hydrogen-bond donors (Lipinski definition) is 0. The average Bonchev–Trinajstić information content (AvgIpc) is 2.71. The number of halogens is 1. The lowest BCUT2D eigenvalue weighted by molar-refractivity contribution is -0.114. The van der Waals surface area contributed by atoms with Crippen molar-refractivity contribution in [2.24, 2.45) is 0 Å². The summed E-state index contributed by atoms with van der Waals surface area (Å²) in [5.74, 6) is -1.82. The second-order valence-corrected chi connectivity index (χ2v) is 5.69. The van der Waals surface area contributed by atoms with Gasteiger partial charge >= 0.3 is 5.97 Å². The normalized spacial score (nSPS) is 13.8. The van der Waals surface area contributed by atoms with Gasteiger partial charge < -0.3 is 14.5 Å². The lowest BCUT2D eigenvalue weighted by atomic mass is 10.1. The third-order valence-electron chi connectivity index (χ3n) is 3.43. The first-order valence-corrected chi connectivity index (χ1v) is 7.17. The molecule has 0 bridgehead atoms. The van der Waals surface area contributed by atoms with E-state index in [1.807, 2.05) is 19.0 Å². The summed E-state index contributed by atoms with van der Waals surface area (Å²) in [7, 11) is 5.11. The van der Waals surface area contributed by atoms with Gasteiger partial charge in [0.15, 0.2) is 0 Å². The van der Waals surface area contributed by atoms with Crippen molar-refractivity contribution in [1.29, 1.82) is 0 Å². The molecule has 0 saturated heterocycles. The van der Waals surface area contributed by atoms with Gasteiger partial charge in [0.1, 0.15) is 0 Å². The molecule has 0 aliphatic carbocycles. The molecule has 0 fully saturated rings. The van der Waals surface area contributed by atoms with Crippen molar-refractivity contribution < 1.29 is 19.1 Å². The van der Waals surface area contributed by atoms with E-state index in [1.165, 1.54) is 24.1 Å². The summed E-state index contributed by atoms with van der Waals surface area (Å²) in [4.78, 5) is 39.2. The first kappa shape index (κ1) is 16.5. The molecule has 0 spiro atoms. The van der Waals surface area contributed by atoms with Crippen LogP contribution < -0.4 is 4.90 Å². The maximum absolute atomic E-state index is 12.1. The summed E-state index contributed by atoms with van der Waals surface area (Å²) < 4.78 is 4.66. The fourth-order valence-electron chi connectivity index (χ4n) is 2.37. The van der Waals surface area contributed by atoms with E-state index < -0.39 is 17.7 Å². The van der Waals surface area contributed by atoms with Crippen LogP contribution in [0.5, 0.6) is 0 Å². The van der Waals surface area contributed by atoms with Gasteiger partial charge in [0.25, 0.3) is 11.7 Å². The smallest absolute Gasteiger partial charge is 0.337 e. The minimum absolute atomic E-state index is 0.0892. The summed E-state index contributed by atoms with van der Waals surface area (Å²) in [6, 6.07) is 2.83. The van der Waals surface area contributed by atoms with Gasteiger partial charge in [0, 0.05) is 6.54 Å². The minimum atomic E-state index is -0.638. The molecule has 0 N–H and O–H groups in total. The van der Waals surface area contributed by atoms with Crippen LogP contribution in [0.4, 0.5) is 5.69 Å². The van der Waals surface area contributed by atoms with E-state index >= 15 is 0 Å². The average molecular weight is 325 g/mol. The van der Waals surface area contributed by atoms with Crippen LogP contribution in [-0.2, 0) is 9.53 Å². The molecule has 6 nitrogen and oxygen atoms in total. The SMILES string of the molecule is COC(=O)c1cc(Cl)c2c(c1)N(CCCN(C)C)C(=O)C2=O. The number of amides is 1. The van der Waals surface area contributed by atoms with Crippen molar-refractivity contribution in [3.63, 3.8) is 0 Å². The number of methoxy groups -OCH3 is 1. The first-order valence-electron chi connectivity index (χ1n) is 6.79. The fraction of sp³-hybridized carbons (Fsp3) is 0.400. The summed E-state index contributed by atoms with van der Waals surface area (Å²) in [5.41, 5.74) is 0.747. The third kappa shape index (κ3) is 2.98. The maximum atomic E-state index is 12.1. The van der Waals surface area contributed by atoms with Crippen LogP contribution in [0.1, 0.15) is 27.1 Å².